The highest BCUT2D eigenvalue weighted by molar-refractivity contribution is 6.00. The summed E-state index contributed by atoms with van der Waals surface area (Å²) in [7, 11) is 0. The summed E-state index contributed by atoms with van der Waals surface area (Å²) in [6.07, 6.45) is 4.58. The van der Waals surface area contributed by atoms with Gasteiger partial charge in [0.15, 0.2) is 5.78 Å². The Morgan fingerprint density at radius 3 is 2.76 bits per heavy atom. The molecule has 0 bridgehead atoms. The average molecular weight is 339 g/mol. The minimum Gasteiger partial charge on any atom is -0.486 e. The summed E-state index contributed by atoms with van der Waals surface area (Å²) in [5.41, 5.74) is 0.268. The summed E-state index contributed by atoms with van der Waals surface area (Å²) in [5, 5.41) is 0. The number of ether oxygens (including phenoxy) is 1. The monoisotopic (exact) mass is 339 g/mol. The molecule has 2 heterocycles. The van der Waals surface area contributed by atoms with Crippen molar-refractivity contribution in [2.24, 2.45) is 23.7 Å². The van der Waals surface area contributed by atoms with Crippen molar-refractivity contribution in [1.29, 1.82) is 0 Å². The predicted molar refractivity (Wildman–Crippen MR) is 93.4 cm³/mol. The topological polar surface area (TPSA) is 46.6 Å². The number of fused-ring (bicyclic) bond motifs is 3. The summed E-state index contributed by atoms with van der Waals surface area (Å²) in [6, 6.07) is 7.55. The van der Waals surface area contributed by atoms with Gasteiger partial charge in [-0.05, 0) is 49.7 Å². The molecule has 1 aromatic rings. The number of para-hydroxylation sites is 1. The molecule has 4 nitrogen and oxygen atoms in total. The Hall–Kier alpha value is -1.84. The zero-order valence-electron chi connectivity index (χ0n) is 14.7. The normalized spacial score (nSPS) is 36.8. The second kappa shape index (κ2) is 5.33. The highest BCUT2D eigenvalue weighted by Gasteiger charge is 2.71. The van der Waals surface area contributed by atoms with Gasteiger partial charge in [0.05, 0.1) is 12.0 Å². The van der Waals surface area contributed by atoms with Crippen molar-refractivity contribution in [2.45, 2.75) is 44.6 Å². The molecule has 0 radical (unpaired) electrons. The molecule has 132 valence electrons. The van der Waals surface area contributed by atoms with Crippen molar-refractivity contribution in [2.75, 3.05) is 13.1 Å². The summed E-state index contributed by atoms with van der Waals surface area (Å²) in [5.74, 6) is 2.67. The molecule has 2 saturated carbocycles. The Balaban J connectivity index is 1.36. The zero-order chi connectivity index (χ0) is 17.2. The number of Topliss-reactive ketones (excluding diaryl/α,β-unsaturated/α-hetero) is 1. The largest absolute Gasteiger partial charge is 0.486 e. The molecule has 1 aromatic carbocycles. The molecular weight excluding hydrogens is 314 g/mol. The van der Waals surface area contributed by atoms with Crippen LogP contribution in [0.5, 0.6) is 5.75 Å². The van der Waals surface area contributed by atoms with Crippen LogP contribution in [0, 0.1) is 23.7 Å². The van der Waals surface area contributed by atoms with E-state index in [0.29, 0.717) is 29.6 Å². The first-order chi connectivity index (χ1) is 12.1. The highest BCUT2D eigenvalue weighted by atomic mass is 16.5. The van der Waals surface area contributed by atoms with Crippen LogP contribution >= 0.6 is 0 Å². The maximum atomic E-state index is 13.0. The molecule has 1 saturated heterocycles. The average Bonchev–Trinajstić information content (AvgIpc) is 3.26. The Kier molecular flexibility index (Phi) is 3.28. The first kappa shape index (κ1) is 15.4. The number of carbonyl (C=O) groups excluding carboxylic acids is 2. The van der Waals surface area contributed by atoms with Crippen LogP contribution in [0.2, 0.25) is 0 Å². The number of ketones is 1. The van der Waals surface area contributed by atoms with Crippen LogP contribution in [0.15, 0.2) is 24.3 Å². The van der Waals surface area contributed by atoms with Crippen LogP contribution in [-0.4, -0.2) is 35.3 Å². The molecule has 4 heteroatoms. The Morgan fingerprint density at radius 1 is 1.20 bits per heavy atom. The molecular formula is C21H25NO3. The van der Waals surface area contributed by atoms with Gasteiger partial charge in [-0.15, -0.1) is 0 Å². The van der Waals surface area contributed by atoms with Crippen molar-refractivity contribution in [3.05, 3.63) is 29.8 Å². The quantitative estimate of drug-likeness (QED) is 0.789. The third kappa shape index (κ3) is 2.26. The molecule has 1 spiro atoms. The minimum absolute atomic E-state index is 0.0835. The van der Waals surface area contributed by atoms with Gasteiger partial charge in [-0.2, -0.15) is 0 Å². The lowest BCUT2D eigenvalue weighted by Crippen LogP contribution is -2.45. The van der Waals surface area contributed by atoms with Crippen LogP contribution < -0.4 is 4.74 Å². The van der Waals surface area contributed by atoms with Crippen LogP contribution in [0.3, 0.4) is 0 Å². The standard InChI is InChI=1S/C21H25NO3/c1-13-7-10-22(11-8-13)20(24)18-15-6-9-21(19(15)18)12-16(23)14-4-2-3-5-17(14)25-21/h2-5,13,15,18-19H,6-12H2,1H3/t15-,18+,19-,21-/m0/s1. The molecule has 1 amide bonds. The van der Waals surface area contributed by atoms with Crippen molar-refractivity contribution in [1.82, 2.24) is 4.90 Å². The van der Waals surface area contributed by atoms with Crippen molar-refractivity contribution in [3.8, 4) is 5.75 Å². The molecule has 3 fully saturated rings. The third-order valence-corrected chi connectivity index (χ3v) is 7.02. The first-order valence-corrected chi connectivity index (χ1v) is 9.69. The second-order valence-electron chi connectivity index (χ2n) is 8.52. The summed E-state index contributed by atoms with van der Waals surface area (Å²) in [4.78, 5) is 27.7. The fourth-order valence-electron chi connectivity index (χ4n) is 5.54. The van der Waals surface area contributed by atoms with E-state index >= 15 is 0 Å². The lowest BCUT2D eigenvalue weighted by molar-refractivity contribution is -0.135. The van der Waals surface area contributed by atoms with Gasteiger partial charge < -0.3 is 9.64 Å². The first-order valence-electron chi connectivity index (χ1n) is 9.69. The van der Waals surface area contributed by atoms with E-state index in [0.717, 1.165) is 44.7 Å². The highest BCUT2D eigenvalue weighted by Crippen LogP contribution is 2.66. The van der Waals surface area contributed by atoms with Gasteiger partial charge >= 0.3 is 0 Å². The molecule has 4 atom stereocenters. The fourth-order valence-corrected chi connectivity index (χ4v) is 5.54. The molecule has 0 unspecified atom stereocenters. The van der Waals surface area contributed by atoms with E-state index in [1.807, 2.05) is 24.3 Å². The third-order valence-electron chi connectivity index (χ3n) is 7.02. The summed E-state index contributed by atoms with van der Waals surface area (Å²) < 4.78 is 6.40. The lowest BCUT2D eigenvalue weighted by Gasteiger charge is -2.38. The van der Waals surface area contributed by atoms with Crippen molar-refractivity contribution >= 4 is 11.7 Å². The number of carbonyl (C=O) groups is 2. The number of nitrogens with zero attached hydrogens (tertiary/aromatic N) is 1. The van der Waals surface area contributed by atoms with E-state index in [-0.39, 0.29) is 17.6 Å². The summed E-state index contributed by atoms with van der Waals surface area (Å²) in [6.45, 7) is 4.05. The van der Waals surface area contributed by atoms with Gasteiger partial charge in [-0.3, -0.25) is 9.59 Å². The molecule has 2 aliphatic heterocycles. The Labute approximate surface area is 148 Å². The van der Waals surface area contributed by atoms with Gasteiger partial charge in [-0.25, -0.2) is 0 Å². The number of benzene rings is 1. The van der Waals surface area contributed by atoms with Gasteiger partial charge in [0, 0.05) is 24.9 Å². The minimum atomic E-state index is -0.431. The van der Waals surface area contributed by atoms with Gasteiger partial charge in [0.25, 0.3) is 0 Å². The maximum Gasteiger partial charge on any atom is 0.226 e. The number of piperidine rings is 1. The number of amides is 1. The molecule has 4 aliphatic rings. The molecule has 25 heavy (non-hydrogen) atoms. The van der Waals surface area contributed by atoms with E-state index in [2.05, 4.69) is 11.8 Å². The van der Waals surface area contributed by atoms with Crippen molar-refractivity contribution in [3.63, 3.8) is 0 Å². The SMILES string of the molecule is CC1CCN(C(=O)[C@@H]2[C@@H]3CC[C@]4(CC(=O)c5ccccc5O4)[C@@H]32)CC1. The van der Waals surface area contributed by atoms with Crippen LogP contribution in [0.25, 0.3) is 0 Å². The predicted octanol–water partition coefficient (Wildman–Crippen LogP) is 3.31. The van der Waals surface area contributed by atoms with Crippen LogP contribution in [0.1, 0.15) is 49.4 Å². The number of rotatable bonds is 1. The van der Waals surface area contributed by atoms with E-state index in [1.54, 1.807) is 0 Å². The molecule has 5 rings (SSSR count). The van der Waals surface area contributed by atoms with Gasteiger partial charge in [-0.1, -0.05) is 19.1 Å². The smallest absolute Gasteiger partial charge is 0.226 e. The Bertz CT molecular complexity index is 736. The number of hydrogen-bond donors (Lipinski definition) is 0. The lowest BCUT2D eigenvalue weighted by atomic mass is 9.84. The van der Waals surface area contributed by atoms with E-state index in [9.17, 15) is 9.59 Å². The number of hydrogen-bond acceptors (Lipinski definition) is 3. The second-order valence-corrected chi connectivity index (χ2v) is 8.52. The van der Waals surface area contributed by atoms with E-state index in [4.69, 9.17) is 4.74 Å². The fraction of sp³-hybridized carbons (Fsp3) is 0.619. The van der Waals surface area contributed by atoms with E-state index < -0.39 is 5.60 Å². The van der Waals surface area contributed by atoms with E-state index in [1.165, 1.54) is 0 Å². The Morgan fingerprint density at radius 2 is 1.96 bits per heavy atom. The van der Waals surface area contributed by atoms with Gasteiger partial charge in [0.1, 0.15) is 11.4 Å². The summed E-state index contributed by atoms with van der Waals surface area (Å²) >= 11 is 0. The molecule has 0 N–H and O–H groups in total. The molecule has 2 aliphatic carbocycles. The maximum absolute atomic E-state index is 13.0. The number of likely N-dealkylation sites (tertiary alicyclic amines) is 1. The molecule has 0 aromatic heterocycles. The van der Waals surface area contributed by atoms with Crippen LogP contribution in [0.4, 0.5) is 0 Å². The van der Waals surface area contributed by atoms with Gasteiger partial charge in [0.2, 0.25) is 5.91 Å². The zero-order valence-corrected chi connectivity index (χ0v) is 14.7. The van der Waals surface area contributed by atoms with Crippen LogP contribution in [-0.2, 0) is 4.79 Å². The van der Waals surface area contributed by atoms with Crippen molar-refractivity contribution < 1.29 is 14.3 Å².